The monoisotopic (exact) mass is 438 g/mol. The molecule has 0 saturated carbocycles. The Bertz CT molecular complexity index is 1190. The van der Waals surface area contributed by atoms with Crippen LogP contribution in [0.2, 0.25) is 5.02 Å². The standard InChI is InChI=1S/C24H23ClN2O4/c1-3-30-21-8-6-17(25)13-18(21)15-4-7-22-19(12-15)20(10-11-31-22)26-24(29)16-5-9-23(28)27(2)14-16/h4-9,12-14,20H,3,10-11H2,1-2H3,(H,26,29). The van der Waals surface area contributed by atoms with Gasteiger partial charge in [0.1, 0.15) is 11.5 Å². The number of hydrogen-bond acceptors (Lipinski definition) is 4. The van der Waals surface area contributed by atoms with Crippen LogP contribution in [0, 0.1) is 0 Å². The Balaban J connectivity index is 1.67. The van der Waals surface area contributed by atoms with Gasteiger partial charge < -0.3 is 19.4 Å². The van der Waals surface area contributed by atoms with Gasteiger partial charge >= 0.3 is 0 Å². The van der Waals surface area contributed by atoms with E-state index in [-0.39, 0.29) is 17.5 Å². The fourth-order valence-corrected chi connectivity index (χ4v) is 3.86. The highest BCUT2D eigenvalue weighted by Crippen LogP contribution is 2.39. The van der Waals surface area contributed by atoms with Gasteiger partial charge in [-0.05, 0) is 48.9 Å². The molecule has 1 N–H and O–H groups in total. The second-order valence-corrected chi connectivity index (χ2v) is 7.79. The van der Waals surface area contributed by atoms with E-state index in [1.807, 2.05) is 37.3 Å². The number of nitrogens with one attached hydrogen (secondary N) is 1. The molecule has 1 amide bonds. The molecule has 0 bridgehead atoms. The number of benzene rings is 2. The molecule has 7 heteroatoms. The molecule has 31 heavy (non-hydrogen) atoms. The number of ether oxygens (including phenoxy) is 2. The molecular formula is C24H23ClN2O4. The topological polar surface area (TPSA) is 69.6 Å². The zero-order valence-electron chi connectivity index (χ0n) is 17.4. The van der Waals surface area contributed by atoms with Crippen molar-refractivity contribution in [1.82, 2.24) is 9.88 Å². The van der Waals surface area contributed by atoms with Crippen LogP contribution in [0.15, 0.2) is 59.5 Å². The van der Waals surface area contributed by atoms with E-state index in [2.05, 4.69) is 5.32 Å². The van der Waals surface area contributed by atoms with Crippen LogP contribution >= 0.6 is 11.6 Å². The number of amides is 1. The van der Waals surface area contributed by atoms with Crippen molar-refractivity contribution in [2.24, 2.45) is 7.05 Å². The van der Waals surface area contributed by atoms with Gasteiger partial charge in [-0.15, -0.1) is 0 Å². The normalized spacial score (nSPS) is 15.0. The number of halogens is 1. The molecule has 6 nitrogen and oxygen atoms in total. The summed E-state index contributed by atoms with van der Waals surface area (Å²) in [5.41, 5.74) is 2.97. The molecule has 1 unspecified atom stereocenters. The highest BCUT2D eigenvalue weighted by molar-refractivity contribution is 6.31. The van der Waals surface area contributed by atoms with Crippen LogP contribution in [0.1, 0.15) is 35.3 Å². The summed E-state index contributed by atoms with van der Waals surface area (Å²) < 4.78 is 13.0. The van der Waals surface area contributed by atoms with E-state index in [1.165, 1.54) is 22.9 Å². The van der Waals surface area contributed by atoms with Gasteiger partial charge in [-0.2, -0.15) is 0 Å². The second kappa shape index (κ2) is 8.86. The minimum Gasteiger partial charge on any atom is -0.493 e. The zero-order chi connectivity index (χ0) is 22.0. The van der Waals surface area contributed by atoms with Crippen molar-refractivity contribution in [3.8, 4) is 22.6 Å². The molecule has 2 aromatic carbocycles. The average Bonchev–Trinajstić information content (AvgIpc) is 2.77. The molecule has 0 spiro atoms. The van der Waals surface area contributed by atoms with Gasteiger partial charge in [-0.1, -0.05) is 17.7 Å². The summed E-state index contributed by atoms with van der Waals surface area (Å²) in [6.45, 7) is 2.98. The third kappa shape index (κ3) is 4.44. The Morgan fingerprint density at radius 1 is 1.23 bits per heavy atom. The minimum absolute atomic E-state index is 0.163. The van der Waals surface area contributed by atoms with Crippen molar-refractivity contribution in [1.29, 1.82) is 0 Å². The summed E-state index contributed by atoms with van der Waals surface area (Å²) in [5, 5.41) is 3.69. The van der Waals surface area contributed by atoms with Gasteiger partial charge in [0.2, 0.25) is 5.56 Å². The molecular weight excluding hydrogens is 416 g/mol. The van der Waals surface area contributed by atoms with Crippen molar-refractivity contribution in [2.75, 3.05) is 13.2 Å². The predicted molar refractivity (Wildman–Crippen MR) is 120 cm³/mol. The molecule has 2 heterocycles. The quantitative estimate of drug-likeness (QED) is 0.642. The number of nitrogens with zero attached hydrogens (tertiary/aromatic N) is 1. The number of aryl methyl sites for hydroxylation is 1. The van der Waals surface area contributed by atoms with Gasteiger partial charge in [-0.3, -0.25) is 9.59 Å². The van der Waals surface area contributed by atoms with Gasteiger partial charge in [-0.25, -0.2) is 0 Å². The fourth-order valence-electron chi connectivity index (χ4n) is 3.69. The molecule has 1 aliphatic heterocycles. The van der Waals surface area contributed by atoms with E-state index >= 15 is 0 Å². The van der Waals surface area contributed by atoms with Crippen LogP contribution in [0.5, 0.6) is 11.5 Å². The Morgan fingerprint density at radius 3 is 2.84 bits per heavy atom. The molecule has 160 valence electrons. The number of pyridine rings is 1. The zero-order valence-corrected chi connectivity index (χ0v) is 18.1. The summed E-state index contributed by atoms with van der Waals surface area (Å²) in [4.78, 5) is 24.4. The molecule has 1 aliphatic rings. The van der Waals surface area contributed by atoms with Crippen molar-refractivity contribution in [2.45, 2.75) is 19.4 Å². The van der Waals surface area contributed by atoms with Crippen LogP contribution in [0.4, 0.5) is 0 Å². The third-order valence-corrected chi connectivity index (χ3v) is 5.49. The van der Waals surface area contributed by atoms with Gasteiger partial charge in [0.15, 0.2) is 0 Å². The summed E-state index contributed by atoms with van der Waals surface area (Å²) in [7, 11) is 1.62. The van der Waals surface area contributed by atoms with E-state index in [0.29, 0.717) is 30.2 Å². The number of carbonyl (C=O) groups is 1. The van der Waals surface area contributed by atoms with Crippen LogP contribution in [-0.4, -0.2) is 23.7 Å². The predicted octanol–water partition coefficient (Wildman–Crippen LogP) is 4.36. The molecule has 0 fully saturated rings. The Kier molecular flexibility index (Phi) is 6.00. The maximum Gasteiger partial charge on any atom is 0.253 e. The maximum atomic E-state index is 12.8. The summed E-state index contributed by atoms with van der Waals surface area (Å²) in [6.07, 6.45) is 2.18. The summed E-state index contributed by atoms with van der Waals surface area (Å²) in [5.74, 6) is 1.24. The first-order valence-corrected chi connectivity index (χ1v) is 10.5. The van der Waals surface area contributed by atoms with Crippen LogP contribution in [-0.2, 0) is 7.05 Å². The van der Waals surface area contributed by atoms with Gasteiger partial charge in [0.05, 0.1) is 24.8 Å². The molecule has 1 aromatic heterocycles. The Labute approximate surface area is 185 Å². The molecule has 1 atom stereocenters. The largest absolute Gasteiger partial charge is 0.493 e. The van der Waals surface area contributed by atoms with Crippen LogP contribution in [0.25, 0.3) is 11.1 Å². The average molecular weight is 439 g/mol. The number of fused-ring (bicyclic) bond motifs is 1. The van der Waals surface area contributed by atoms with Crippen molar-refractivity contribution < 1.29 is 14.3 Å². The second-order valence-electron chi connectivity index (χ2n) is 7.36. The first kappa shape index (κ1) is 21.0. The highest BCUT2D eigenvalue weighted by Gasteiger charge is 2.25. The van der Waals surface area contributed by atoms with E-state index in [4.69, 9.17) is 21.1 Å². The third-order valence-electron chi connectivity index (χ3n) is 5.26. The van der Waals surface area contributed by atoms with E-state index in [0.717, 1.165) is 28.2 Å². The Morgan fingerprint density at radius 2 is 2.06 bits per heavy atom. The smallest absolute Gasteiger partial charge is 0.253 e. The molecule has 3 aromatic rings. The molecule has 0 saturated heterocycles. The fraction of sp³-hybridized carbons (Fsp3) is 0.250. The van der Waals surface area contributed by atoms with E-state index in [1.54, 1.807) is 13.1 Å². The van der Waals surface area contributed by atoms with Crippen molar-refractivity contribution in [3.63, 3.8) is 0 Å². The number of rotatable bonds is 5. The first-order chi connectivity index (χ1) is 15.0. The lowest BCUT2D eigenvalue weighted by Gasteiger charge is -2.27. The lowest BCUT2D eigenvalue weighted by molar-refractivity contribution is 0.0924. The van der Waals surface area contributed by atoms with E-state index < -0.39 is 0 Å². The van der Waals surface area contributed by atoms with Gasteiger partial charge in [0.25, 0.3) is 5.91 Å². The first-order valence-electron chi connectivity index (χ1n) is 10.1. The van der Waals surface area contributed by atoms with Crippen LogP contribution in [0.3, 0.4) is 0 Å². The SMILES string of the molecule is CCOc1ccc(Cl)cc1-c1ccc2c(c1)C(NC(=O)c1ccc(=O)n(C)c1)CCO2. The summed E-state index contributed by atoms with van der Waals surface area (Å²) >= 11 is 6.24. The van der Waals surface area contributed by atoms with Crippen LogP contribution < -0.4 is 20.3 Å². The maximum absolute atomic E-state index is 12.8. The minimum atomic E-state index is -0.239. The highest BCUT2D eigenvalue weighted by atomic mass is 35.5. The van der Waals surface area contributed by atoms with E-state index in [9.17, 15) is 9.59 Å². The molecule has 0 radical (unpaired) electrons. The molecule has 4 rings (SSSR count). The number of hydrogen-bond donors (Lipinski definition) is 1. The lowest BCUT2D eigenvalue weighted by Crippen LogP contribution is -2.33. The summed E-state index contributed by atoms with van der Waals surface area (Å²) in [6, 6.07) is 14.1. The number of carbonyl (C=O) groups excluding carboxylic acids is 1. The Hall–Kier alpha value is -3.25. The van der Waals surface area contributed by atoms with Crippen molar-refractivity contribution >= 4 is 17.5 Å². The lowest BCUT2D eigenvalue weighted by atomic mass is 9.95. The van der Waals surface area contributed by atoms with Gasteiger partial charge in [0, 0.05) is 41.9 Å². The number of aromatic nitrogens is 1. The molecule has 0 aliphatic carbocycles. The van der Waals surface area contributed by atoms with Crippen molar-refractivity contribution in [3.05, 3.63) is 81.2 Å².